The van der Waals surface area contributed by atoms with Crippen LogP contribution in [0.1, 0.15) is 30.0 Å². The van der Waals surface area contributed by atoms with Crippen molar-refractivity contribution in [1.29, 1.82) is 0 Å². The lowest BCUT2D eigenvalue weighted by molar-refractivity contribution is 0.135. The average Bonchev–Trinajstić information content (AvgIpc) is 2.72. The summed E-state index contributed by atoms with van der Waals surface area (Å²) in [7, 11) is -3.22. The van der Waals surface area contributed by atoms with E-state index in [2.05, 4.69) is 27.8 Å². The van der Waals surface area contributed by atoms with Crippen LogP contribution in [0.3, 0.4) is 0 Å². The molecule has 2 N–H and O–H groups in total. The van der Waals surface area contributed by atoms with Crippen molar-refractivity contribution in [2.24, 2.45) is 4.99 Å². The molecule has 0 saturated heterocycles. The van der Waals surface area contributed by atoms with Gasteiger partial charge in [0.05, 0.1) is 18.9 Å². The second-order valence-corrected chi connectivity index (χ2v) is 9.45. The molecule has 32 heavy (non-hydrogen) atoms. The van der Waals surface area contributed by atoms with E-state index in [-0.39, 0.29) is 36.3 Å². The van der Waals surface area contributed by atoms with Crippen LogP contribution >= 0.6 is 24.0 Å². The number of nitrogens with one attached hydrogen (secondary N) is 2. The molecule has 0 saturated carbocycles. The predicted molar refractivity (Wildman–Crippen MR) is 139 cm³/mol. The van der Waals surface area contributed by atoms with E-state index in [0.717, 1.165) is 19.1 Å². The molecule has 0 amide bonds. The Bertz CT molecular complexity index is 941. The highest BCUT2D eigenvalue weighted by molar-refractivity contribution is 14.0. The van der Waals surface area contributed by atoms with Gasteiger partial charge in [-0.15, -0.1) is 24.0 Å². The summed E-state index contributed by atoms with van der Waals surface area (Å²) in [5.41, 5.74) is 2.39. The zero-order valence-electron chi connectivity index (χ0n) is 18.6. The number of halogens is 2. The fourth-order valence-corrected chi connectivity index (χ4v) is 3.84. The molecule has 2 aromatic rings. The molecular weight excluding hydrogens is 544 g/mol. The lowest BCUT2D eigenvalue weighted by Crippen LogP contribution is -2.38. The minimum Gasteiger partial charge on any atom is -0.381 e. The van der Waals surface area contributed by atoms with Gasteiger partial charge in [0.15, 0.2) is 15.8 Å². The van der Waals surface area contributed by atoms with Crippen LogP contribution in [0.5, 0.6) is 0 Å². The van der Waals surface area contributed by atoms with E-state index in [1.165, 1.54) is 23.8 Å². The van der Waals surface area contributed by atoms with Crippen molar-refractivity contribution in [3.8, 4) is 0 Å². The summed E-state index contributed by atoms with van der Waals surface area (Å²) in [4.78, 5) is 4.48. The summed E-state index contributed by atoms with van der Waals surface area (Å²) in [6.45, 7) is 4.82. The van der Waals surface area contributed by atoms with E-state index in [1.54, 1.807) is 0 Å². The zero-order valence-corrected chi connectivity index (χ0v) is 21.8. The number of ether oxygens (including phenoxy) is 1. The summed E-state index contributed by atoms with van der Waals surface area (Å²) in [5, 5.41) is 6.37. The van der Waals surface area contributed by atoms with Crippen LogP contribution in [0.4, 0.5) is 4.39 Å². The van der Waals surface area contributed by atoms with E-state index < -0.39 is 15.7 Å². The molecule has 9 heteroatoms. The fraction of sp³-hybridized carbons (Fsp3) is 0.435. The van der Waals surface area contributed by atoms with Gasteiger partial charge in [-0.1, -0.05) is 36.4 Å². The molecule has 0 aliphatic heterocycles. The minimum absolute atomic E-state index is 0. The Balaban J connectivity index is 0.00000512. The third-order valence-electron chi connectivity index (χ3n) is 4.47. The first-order valence-corrected chi connectivity index (χ1v) is 12.5. The number of rotatable bonds is 12. The number of hydrogen-bond acceptors (Lipinski definition) is 4. The average molecular weight is 578 g/mol. The predicted octanol–water partition coefficient (Wildman–Crippen LogP) is 3.69. The molecule has 0 bridgehead atoms. The normalized spacial score (nSPS) is 11.7. The summed E-state index contributed by atoms with van der Waals surface area (Å²) >= 11 is 0. The Hall–Kier alpha value is -1.72. The minimum atomic E-state index is -3.22. The molecule has 178 valence electrons. The molecule has 0 spiro atoms. The van der Waals surface area contributed by atoms with Gasteiger partial charge in [-0.3, -0.25) is 0 Å². The van der Waals surface area contributed by atoms with Gasteiger partial charge in [0.2, 0.25) is 0 Å². The summed E-state index contributed by atoms with van der Waals surface area (Å²) in [5.74, 6) is 0.0528. The van der Waals surface area contributed by atoms with Crippen LogP contribution in [-0.2, 0) is 33.3 Å². The standard InChI is InChI=1S/C23H32FN3O3S.HI/c1-3-25-23(26-13-7-14-30-15-12-19-8-5-4-6-9-19)27-17-21-16-22(24)11-10-20(21)18-31(2,28)29;/h4-6,8-11,16H,3,7,12-15,17-18H2,1-2H3,(H2,25,26,27);1H. The van der Waals surface area contributed by atoms with Crippen LogP contribution < -0.4 is 10.6 Å². The molecule has 0 aliphatic carbocycles. The zero-order chi connectivity index (χ0) is 22.5. The van der Waals surface area contributed by atoms with Gasteiger partial charge >= 0.3 is 0 Å². The van der Waals surface area contributed by atoms with Crippen LogP contribution in [0.15, 0.2) is 53.5 Å². The van der Waals surface area contributed by atoms with Crippen molar-refractivity contribution in [3.05, 3.63) is 71.0 Å². The number of nitrogens with zero attached hydrogens (tertiary/aromatic N) is 1. The van der Waals surface area contributed by atoms with Gasteiger partial charge in [-0.05, 0) is 48.6 Å². The Morgan fingerprint density at radius 1 is 1.06 bits per heavy atom. The first-order valence-electron chi connectivity index (χ1n) is 10.5. The molecule has 0 heterocycles. The van der Waals surface area contributed by atoms with Crippen molar-refractivity contribution in [1.82, 2.24) is 10.6 Å². The van der Waals surface area contributed by atoms with Crippen molar-refractivity contribution in [2.75, 3.05) is 32.6 Å². The van der Waals surface area contributed by atoms with E-state index >= 15 is 0 Å². The highest BCUT2D eigenvalue weighted by Gasteiger charge is 2.10. The molecule has 2 aromatic carbocycles. The van der Waals surface area contributed by atoms with Gasteiger partial charge in [0.1, 0.15) is 5.82 Å². The van der Waals surface area contributed by atoms with E-state index in [0.29, 0.717) is 43.4 Å². The lowest BCUT2D eigenvalue weighted by Gasteiger charge is -2.13. The van der Waals surface area contributed by atoms with Gasteiger partial charge < -0.3 is 15.4 Å². The van der Waals surface area contributed by atoms with E-state index in [9.17, 15) is 12.8 Å². The maximum atomic E-state index is 13.7. The van der Waals surface area contributed by atoms with Crippen LogP contribution in [0.2, 0.25) is 0 Å². The lowest BCUT2D eigenvalue weighted by atomic mass is 10.1. The third kappa shape index (κ3) is 11.8. The molecule has 2 rings (SSSR count). The summed E-state index contributed by atoms with van der Waals surface area (Å²) in [6, 6.07) is 14.3. The van der Waals surface area contributed by atoms with Crippen molar-refractivity contribution < 1.29 is 17.5 Å². The fourth-order valence-electron chi connectivity index (χ4n) is 2.99. The molecule has 0 unspecified atom stereocenters. The van der Waals surface area contributed by atoms with E-state index in [1.807, 2.05) is 25.1 Å². The number of hydrogen-bond donors (Lipinski definition) is 2. The first-order chi connectivity index (χ1) is 14.9. The second-order valence-electron chi connectivity index (χ2n) is 7.31. The van der Waals surface area contributed by atoms with Crippen LogP contribution in [-0.4, -0.2) is 46.9 Å². The first kappa shape index (κ1) is 28.3. The molecule has 0 aliphatic rings. The molecule has 0 radical (unpaired) electrons. The maximum Gasteiger partial charge on any atom is 0.191 e. The largest absolute Gasteiger partial charge is 0.381 e. The highest BCUT2D eigenvalue weighted by atomic mass is 127. The van der Waals surface area contributed by atoms with Crippen molar-refractivity contribution >= 4 is 39.8 Å². The molecule has 0 fully saturated rings. The van der Waals surface area contributed by atoms with Crippen LogP contribution in [0.25, 0.3) is 0 Å². The number of aliphatic imine (C=N–C) groups is 1. The third-order valence-corrected chi connectivity index (χ3v) is 5.31. The summed E-state index contributed by atoms with van der Waals surface area (Å²) < 4.78 is 42.6. The Kier molecular flexibility index (Phi) is 13.4. The monoisotopic (exact) mass is 577 g/mol. The Morgan fingerprint density at radius 2 is 1.81 bits per heavy atom. The van der Waals surface area contributed by atoms with E-state index in [4.69, 9.17) is 4.74 Å². The highest BCUT2D eigenvalue weighted by Crippen LogP contribution is 2.15. The summed E-state index contributed by atoms with van der Waals surface area (Å²) in [6.07, 6.45) is 2.87. The van der Waals surface area contributed by atoms with Crippen molar-refractivity contribution in [2.45, 2.75) is 32.1 Å². The molecule has 0 aromatic heterocycles. The smallest absolute Gasteiger partial charge is 0.191 e. The Labute approximate surface area is 208 Å². The quantitative estimate of drug-likeness (QED) is 0.174. The van der Waals surface area contributed by atoms with Gasteiger partial charge in [0, 0.05) is 26.0 Å². The molecule has 6 nitrogen and oxygen atoms in total. The number of sulfone groups is 1. The topological polar surface area (TPSA) is 79.8 Å². The van der Waals surface area contributed by atoms with Gasteiger partial charge in [-0.25, -0.2) is 17.8 Å². The SMILES string of the molecule is CCNC(=NCc1cc(F)ccc1CS(C)(=O)=O)NCCCOCCc1ccccc1.I. The number of benzene rings is 2. The molecular formula is C23H33FIN3O3S. The molecule has 0 atom stereocenters. The second kappa shape index (κ2) is 15.2. The maximum absolute atomic E-state index is 13.7. The van der Waals surface area contributed by atoms with Gasteiger partial charge in [0.25, 0.3) is 0 Å². The van der Waals surface area contributed by atoms with Crippen molar-refractivity contribution in [3.63, 3.8) is 0 Å². The van der Waals surface area contributed by atoms with Gasteiger partial charge in [-0.2, -0.15) is 0 Å². The number of guanidine groups is 1. The Morgan fingerprint density at radius 3 is 2.50 bits per heavy atom. The van der Waals surface area contributed by atoms with Crippen LogP contribution in [0, 0.1) is 5.82 Å².